The van der Waals surface area contributed by atoms with Crippen molar-refractivity contribution >= 4 is 27.8 Å². The van der Waals surface area contributed by atoms with Crippen LogP contribution >= 0.6 is 0 Å². The van der Waals surface area contributed by atoms with Crippen LogP contribution < -0.4 is 25.2 Å². The Balaban J connectivity index is 1.29. The number of fused-ring (bicyclic) bond motifs is 4. The van der Waals surface area contributed by atoms with Crippen LogP contribution in [-0.2, 0) is 17.6 Å². The molecule has 8 heteroatoms. The Morgan fingerprint density at radius 3 is 2.86 bits per heavy atom. The van der Waals surface area contributed by atoms with E-state index < -0.39 is 5.63 Å². The third kappa shape index (κ3) is 4.63. The van der Waals surface area contributed by atoms with Gasteiger partial charge in [-0.1, -0.05) is 0 Å². The minimum Gasteiger partial charge on any atom is -0.497 e. The standard InChI is InChI=1S/C28H30N2O6/c1-16-11-25(32)35-27-20-7-9-28(2,3)36-22(20)13-23(26(16)27)34-15-24(31)29-10-8-17-14-30-21-12-18(33-4)5-6-19(17)21/h5-6,11-14,30H,7-10,15H2,1-4H3,(H,29,31). The first kappa shape index (κ1) is 23.8. The smallest absolute Gasteiger partial charge is 0.336 e. The molecule has 1 aliphatic rings. The molecule has 36 heavy (non-hydrogen) atoms. The average molecular weight is 491 g/mol. The van der Waals surface area contributed by atoms with Crippen LogP contribution in [0, 0.1) is 6.92 Å². The summed E-state index contributed by atoms with van der Waals surface area (Å²) in [7, 11) is 1.64. The van der Waals surface area contributed by atoms with E-state index in [2.05, 4.69) is 10.3 Å². The van der Waals surface area contributed by atoms with Gasteiger partial charge in [-0.15, -0.1) is 0 Å². The molecule has 1 aliphatic heterocycles. The van der Waals surface area contributed by atoms with Crippen molar-refractivity contribution in [2.45, 2.75) is 45.6 Å². The topological polar surface area (TPSA) is 103 Å². The Hall–Kier alpha value is -3.94. The Labute approximate surface area is 208 Å². The Morgan fingerprint density at radius 2 is 2.06 bits per heavy atom. The second-order valence-corrected chi connectivity index (χ2v) is 9.78. The molecule has 0 radical (unpaired) electrons. The normalized spacial score (nSPS) is 14.3. The molecule has 3 heterocycles. The number of carbonyl (C=O) groups excluding carboxylic acids is 1. The predicted octanol–water partition coefficient (Wildman–Crippen LogP) is 4.43. The van der Waals surface area contributed by atoms with Gasteiger partial charge in [0.2, 0.25) is 0 Å². The first-order valence-electron chi connectivity index (χ1n) is 12.1. The maximum atomic E-state index is 12.6. The van der Waals surface area contributed by atoms with E-state index in [0.717, 1.165) is 46.2 Å². The fourth-order valence-electron chi connectivity index (χ4n) is 4.76. The molecule has 0 bridgehead atoms. The van der Waals surface area contributed by atoms with Crippen LogP contribution in [0.2, 0.25) is 0 Å². The highest BCUT2D eigenvalue weighted by Gasteiger charge is 2.30. The van der Waals surface area contributed by atoms with Crippen molar-refractivity contribution in [3.63, 3.8) is 0 Å². The highest BCUT2D eigenvalue weighted by Crippen LogP contribution is 2.42. The molecule has 2 aromatic heterocycles. The molecule has 188 valence electrons. The molecule has 0 atom stereocenters. The molecule has 0 aliphatic carbocycles. The number of ether oxygens (including phenoxy) is 3. The highest BCUT2D eigenvalue weighted by molar-refractivity contribution is 5.92. The second-order valence-electron chi connectivity index (χ2n) is 9.78. The summed E-state index contributed by atoms with van der Waals surface area (Å²) >= 11 is 0. The van der Waals surface area contributed by atoms with E-state index in [4.69, 9.17) is 18.6 Å². The van der Waals surface area contributed by atoms with Gasteiger partial charge in [0.05, 0.1) is 12.5 Å². The van der Waals surface area contributed by atoms with Gasteiger partial charge >= 0.3 is 5.63 Å². The molecule has 5 rings (SSSR count). The number of amides is 1. The number of H-pyrrole nitrogens is 1. The maximum Gasteiger partial charge on any atom is 0.336 e. The van der Waals surface area contributed by atoms with Crippen LogP contribution in [0.25, 0.3) is 21.9 Å². The van der Waals surface area contributed by atoms with E-state index in [1.165, 1.54) is 6.07 Å². The summed E-state index contributed by atoms with van der Waals surface area (Å²) in [5, 5.41) is 4.71. The van der Waals surface area contributed by atoms with Crippen LogP contribution in [0.1, 0.15) is 37.0 Å². The molecule has 0 unspecified atom stereocenters. The van der Waals surface area contributed by atoms with Gasteiger partial charge in [-0.05, 0) is 63.3 Å². The summed E-state index contributed by atoms with van der Waals surface area (Å²) in [4.78, 5) is 27.9. The Morgan fingerprint density at radius 1 is 1.22 bits per heavy atom. The zero-order valence-corrected chi connectivity index (χ0v) is 20.9. The molecule has 4 aromatic rings. The van der Waals surface area contributed by atoms with Crippen LogP contribution in [0.15, 0.2) is 45.7 Å². The van der Waals surface area contributed by atoms with E-state index in [0.29, 0.717) is 35.4 Å². The van der Waals surface area contributed by atoms with Crippen molar-refractivity contribution < 1.29 is 23.4 Å². The van der Waals surface area contributed by atoms with Gasteiger partial charge in [0, 0.05) is 47.4 Å². The lowest BCUT2D eigenvalue weighted by atomic mass is 9.92. The van der Waals surface area contributed by atoms with Crippen molar-refractivity contribution in [3.8, 4) is 17.2 Å². The molecule has 2 aromatic carbocycles. The van der Waals surface area contributed by atoms with Gasteiger partial charge in [-0.25, -0.2) is 4.79 Å². The van der Waals surface area contributed by atoms with E-state index >= 15 is 0 Å². The molecular formula is C28H30N2O6. The number of aromatic amines is 1. The van der Waals surface area contributed by atoms with Crippen LogP contribution in [0.4, 0.5) is 0 Å². The van der Waals surface area contributed by atoms with Crippen molar-refractivity contribution in [2.75, 3.05) is 20.3 Å². The molecule has 0 saturated carbocycles. The summed E-state index contributed by atoms with van der Waals surface area (Å²) in [5.74, 6) is 1.64. The van der Waals surface area contributed by atoms with Gasteiger partial charge in [-0.2, -0.15) is 0 Å². The number of nitrogens with one attached hydrogen (secondary N) is 2. The number of hydrogen-bond acceptors (Lipinski definition) is 6. The first-order chi connectivity index (χ1) is 17.2. The summed E-state index contributed by atoms with van der Waals surface area (Å²) in [5.41, 5.74) is 3.41. The third-order valence-electron chi connectivity index (χ3n) is 6.65. The molecule has 0 spiro atoms. The van der Waals surface area contributed by atoms with Gasteiger partial charge in [-0.3, -0.25) is 4.79 Å². The minimum atomic E-state index is -0.419. The molecule has 0 fully saturated rings. The summed E-state index contributed by atoms with van der Waals surface area (Å²) in [6, 6.07) is 9.12. The van der Waals surface area contributed by atoms with Crippen molar-refractivity contribution in [1.29, 1.82) is 0 Å². The van der Waals surface area contributed by atoms with Crippen LogP contribution in [0.3, 0.4) is 0 Å². The Bertz CT molecular complexity index is 1510. The third-order valence-corrected chi connectivity index (χ3v) is 6.65. The zero-order chi connectivity index (χ0) is 25.4. The summed E-state index contributed by atoms with van der Waals surface area (Å²) in [6.07, 6.45) is 4.16. The molecule has 2 N–H and O–H groups in total. The molecular weight excluding hydrogens is 460 g/mol. The lowest BCUT2D eigenvalue weighted by Gasteiger charge is -2.33. The van der Waals surface area contributed by atoms with Gasteiger partial charge in [0.1, 0.15) is 28.4 Å². The lowest BCUT2D eigenvalue weighted by molar-refractivity contribution is -0.123. The lowest BCUT2D eigenvalue weighted by Crippen LogP contribution is -2.33. The maximum absolute atomic E-state index is 12.6. The number of aromatic nitrogens is 1. The summed E-state index contributed by atoms with van der Waals surface area (Å²) in [6.45, 7) is 6.18. The van der Waals surface area contributed by atoms with Crippen molar-refractivity contribution in [3.05, 3.63) is 63.6 Å². The van der Waals surface area contributed by atoms with Gasteiger partial charge in [0.15, 0.2) is 6.61 Å². The van der Waals surface area contributed by atoms with E-state index in [9.17, 15) is 9.59 Å². The number of benzene rings is 2. The fraction of sp³-hybridized carbons (Fsp3) is 0.357. The monoisotopic (exact) mass is 490 g/mol. The van der Waals surface area contributed by atoms with Gasteiger partial charge < -0.3 is 28.9 Å². The number of rotatable bonds is 7. The van der Waals surface area contributed by atoms with E-state index in [1.807, 2.05) is 45.2 Å². The minimum absolute atomic E-state index is 0.166. The van der Waals surface area contributed by atoms with Crippen molar-refractivity contribution in [1.82, 2.24) is 10.3 Å². The quantitative estimate of drug-likeness (QED) is 0.372. The van der Waals surface area contributed by atoms with Crippen LogP contribution in [0.5, 0.6) is 17.2 Å². The largest absolute Gasteiger partial charge is 0.497 e. The van der Waals surface area contributed by atoms with E-state index in [-0.39, 0.29) is 18.1 Å². The highest BCUT2D eigenvalue weighted by atomic mass is 16.5. The number of aryl methyl sites for hydroxylation is 2. The van der Waals surface area contributed by atoms with Crippen molar-refractivity contribution in [2.24, 2.45) is 0 Å². The van der Waals surface area contributed by atoms with Crippen LogP contribution in [-0.4, -0.2) is 36.8 Å². The molecule has 1 amide bonds. The number of hydrogen-bond donors (Lipinski definition) is 2. The SMILES string of the molecule is COc1ccc2c(CCNC(=O)COc3cc4c(c5oc(=O)cc(C)c35)CCC(C)(C)O4)c[nH]c2c1. The number of methoxy groups -OCH3 is 1. The van der Waals surface area contributed by atoms with Gasteiger partial charge in [0.25, 0.3) is 5.91 Å². The zero-order valence-electron chi connectivity index (χ0n) is 20.9. The number of carbonyl (C=O) groups is 1. The van der Waals surface area contributed by atoms with E-state index in [1.54, 1.807) is 13.2 Å². The Kier molecular flexibility index (Phi) is 6.12. The first-order valence-corrected chi connectivity index (χ1v) is 12.1. The average Bonchev–Trinajstić information content (AvgIpc) is 3.23. The summed E-state index contributed by atoms with van der Waals surface area (Å²) < 4.78 is 23.0. The fourth-order valence-corrected chi connectivity index (χ4v) is 4.76. The second kappa shape index (κ2) is 9.26. The predicted molar refractivity (Wildman–Crippen MR) is 137 cm³/mol. The molecule has 0 saturated heterocycles. The molecule has 8 nitrogen and oxygen atoms in total.